The van der Waals surface area contributed by atoms with Gasteiger partial charge >= 0.3 is 0 Å². The van der Waals surface area contributed by atoms with Crippen LogP contribution in [0.25, 0.3) is 0 Å². The Balaban J connectivity index is 1.58. The van der Waals surface area contributed by atoms with E-state index in [0.29, 0.717) is 34.1 Å². The van der Waals surface area contributed by atoms with Crippen LogP contribution in [0.15, 0.2) is 36.4 Å². The second-order valence-corrected chi connectivity index (χ2v) is 8.97. The van der Waals surface area contributed by atoms with Crippen molar-refractivity contribution in [3.8, 4) is 0 Å². The topological polar surface area (TPSA) is 52.6 Å². The molecule has 1 amide bonds. The molecule has 2 aromatic carbocycles. The number of nitrogens with one attached hydrogen (secondary N) is 1. The van der Waals surface area contributed by atoms with Crippen molar-refractivity contribution in [2.45, 2.75) is 31.3 Å². The molecule has 4 nitrogen and oxygen atoms in total. The third-order valence-corrected chi connectivity index (χ3v) is 6.83. The lowest BCUT2D eigenvalue weighted by Crippen LogP contribution is -2.33. The van der Waals surface area contributed by atoms with Gasteiger partial charge in [0.2, 0.25) is 0 Å². The Kier molecular flexibility index (Phi) is 5.30. The maximum Gasteiger partial charge on any atom is 0.257 e. The van der Waals surface area contributed by atoms with Crippen LogP contribution in [0.4, 0.5) is 11.4 Å². The van der Waals surface area contributed by atoms with Gasteiger partial charge in [0.1, 0.15) is 0 Å². The molecule has 0 bridgehead atoms. The van der Waals surface area contributed by atoms with Crippen LogP contribution in [0.1, 0.15) is 41.6 Å². The SMILES string of the molecule is O=C(Nc1cc(Cl)cc(C2(O)CCC2)c1)c1cc(N2CCCS2)ccc1Cl. The van der Waals surface area contributed by atoms with Crippen LogP contribution in [0.3, 0.4) is 0 Å². The summed E-state index contributed by atoms with van der Waals surface area (Å²) < 4.78 is 2.18. The Hall–Kier alpha value is -1.40. The molecule has 0 spiro atoms. The molecule has 0 atom stereocenters. The fourth-order valence-corrected chi connectivity index (χ4v) is 4.86. The molecule has 142 valence electrons. The van der Waals surface area contributed by atoms with E-state index in [9.17, 15) is 9.90 Å². The van der Waals surface area contributed by atoms with Gasteiger partial charge in [-0.25, -0.2) is 0 Å². The van der Waals surface area contributed by atoms with E-state index >= 15 is 0 Å². The molecule has 1 heterocycles. The molecule has 0 aromatic heterocycles. The maximum absolute atomic E-state index is 12.8. The summed E-state index contributed by atoms with van der Waals surface area (Å²) in [5.41, 5.74) is 1.85. The van der Waals surface area contributed by atoms with Gasteiger partial charge in [-0.2, -0.15) is 0 Å². The molecule has 2 fully saturated rings. The first-order valence-corrected chi connectivity index (χ1v) is 10.7. The maximum atomic E-state index is 12.8. The second-order valence-electron chi connectivity index (χ2n) is 7.02. The summed E-state index contributed by atoms with van der Waals surface area (Å²) >= 11 is 14.2. The summed E-state index contributed by atoms with van der Waals surface area (Å²) in [5.74, 6) is 0.790. The van der Waals surface area contributed by atoms with E-state index in [2.05, 4.69) is 9.62 Å². The molecule has 1 aliphatic carbocycles. The van der Waals surface area contributed by atoms with E-state index in [1.807, 2.05) is 12.1 Å². The van der Waals surface area contributed by atoms with Gasteiger partial charge in [-0.05, 0) is 79.6 Å². The minimum Gasteiger partial charge on any atom is -0.385 e. The molecule has 2 N–H and O–H groups in total. The number of benzene rings is 2. The number of carbonyl (C=O) groups is 1. The molecule has 2 aliphatic rings. The smallest absolute Gasteiger partial charge is 0.257 e. The third-order valence-electron chi connectivity index (χ3n) is 5.11. The highest BCUT2D eigenvalue weighted by atomic mass is 35.5. The Bertz CT molecular complexity index is 880. The van der Waals surface area contributed by atoms with Gasteiger partial charge in [0.05, 0.1) is 16.2 Å². The molecule has 0 radical (unpaired) electrons. The van der Waals surface area contributed by atoms with Crippen molar-refractivity contribution < 1.29 is 9.90 Å². The van der Waals surface area contributed by atoms with E-state index in [1.54, 1.807) is 36.2 Å². The van der Waals surface area contributed by atoms with Gasteiger partial charge < -0.3 is 14.7 Å². The highest BCUT2D eigenvalue weighted by Gasteiger charge is 2.36. The molecular formula is C20H20Cl2N2O2S. The standard InChI is InChI=1S/C20H20Cl2N2O2S/c21-14-9-13(20(26)5-1-6-20)10-15(11-14)23-19(25)17-12-16(3-4-18(17)22)24-7-2-8-27-24/h3-4,9-12,26H,1-2,5-8H2,(H,23,25). The lowest BCUT2D eigenvalue weighted by atomic mass is 9.75. The second kappa shape index (κ2) is 7.55. The highest BCUT2D eigenvalue weighted by molar-refractivity contribution is 8.00. The number of nitrogens with zero attached hydrogens (tertiary/aromatic N) is 1. The number of anilines is 2. The van der Waals surface area contributed by atoms with E-state index < -0.39 is 5.60 Å². The molecule has 1 saturated carbocycles. The van der Waals surface area contributed by atoms with Crippen LogP contribution in [0, 0.1) is 0 Å². The van der Waals surface area contributed by atoms with Crippen LogP contribution in [0.2, 0.25) is 10.0 Å². The average Bonchev–Trinajstić information content (AvgIpc) is 3.14. The van der Waals surface area contributed by atoms with Gasteiger partial charge in [-0.1, -0.05) is 23.2 Å². The predicted molar refractivity (Wildman–Crippen MR) is 113 cm³/mol. The molecule has 0 unspecified atom stereocenters. The van der Waals surface area contributed by atoms with Crippen molar-refractivity contribution in [3.05, 3.63) is 57.6 Å². The van der Waals surface area contributed by atoms with Gasteiger partial charge in [0, 0.05) is 28.7 Å². The monoisotopic (exact) mass is 422 g/mol. The van der Waals surface area contributed by atoms with E-state index in [1.165, 1.54) is 0 Å². The quantitative estimate of drug-likeness (QED) is 0.640. The molecule has 1 saturated heterocycles. The summed E-state index contributed by atoms with van der Waals surface area (Å²) in [5, 5.41) is 14.3. The van der Waals surface area contributed by atoms with Crippen LogP contribution < -0.4 is 9.62 Å². The first-order chi connectivity index (χ1) is 12.9. The lowest BCUT2D eigenvalue weighted by Gasteiger charge is -2.37. The van der Waals surface area contributed by atoms with E-state index in [4.69, 9.17) is 23.2 Å². The van der Waals surface area contributed by atoms with Crippen molar-refractivity contribution in [1.29, 1.82) is 0 Å². The van der Waals surface area contributed by atoms with Crippen molar-refractivity contribution in [3.63, 3.8) is 0 Å². The van der Waals surface area contributed by atoms with Crippen LogP contribution in [-0.2, 0) is 5.60 Å². The predicted octanol–water partition coefficient (Wildman–Crippen LogP) is 5.48. The van der Waals surface area contributed by atoms with Gasteiger partial charge in [-0.3, -0.25) is 4.79 Å². The number of carbonyl (C=O) groups excluding carboxylic acids is 1. The molecule has 4 rings (SSSR count). The number of halogens is 2. The first kappa shape index (κ1) is 18.9. The molecule has 27 heavy (non-hydrogen) atoms. The first-order valence-electron chi connectivity index (χ1n) is 8.99. The number of hydrogen-bond acceptors (Lipinski definition) is 4. The van der Waals surface area contributed by atoms with E-state index in [-0.39, 0.29) is 5.91 Å². The number of rotatable bonds is 4. The number of aliphatic hydroxyl groups is 1. The Labute approximate surface area is 173 Å². The van der Waals surface area contributed by atoms with Gasteiger partial charge in [0.15, 0.2) is 0 Å². The van der Waals surface area contributed by atoms with Crippen molar-refractivity contribution >= 4 is 52.4 Å². The minimum absolute atomic E-state index is 0.292. The van der Waals surface area contributed by atoms with Crippen LogP contribution >= 0.6 is 35.1 Å². The summed E-state index contributed by atoms with van der Waals surface area (Å²) in [4.78, 5) is 12.8. The van der Waals surface area contributed by atoms with Crippen molar-refractivity contribution in [1.82, 2.24) is 0 Å². The molecular weight excluding hydrogens is 403 g/mol. The van der Waals surface area contributed by atoms with Crippen molar-refractivity contribution in [2.75, 3.05) is 21.9 Å². The molecule has 7 heteroatoms. The average molecular weight is 423 g/mol. The summed E-state index contributed by atoms with van der Waals surface area (Å²) in [6, 6.07) is 10.7. The van der Waals surface area contributed by atoms with Gasteiger partial charge in [-0.15, -0.1) is 0 Å². The Morgan fingerprint density at radius 1 is 1.15 bits per heavy atom. The highest BCUT2D eigenvalue weighted by Crippen LogP contribution is 2.42. The number of amides is 1. The largest absolute Gasteiger partial charge is 0.385 e. The summed E-state index contributed by atoms with van der Waals surface area (Å²) in [7, 11) is 0. The van der Waals surface area contributed by atoms with Gasteiger partial charge in [0.25, 0.3) is 5.91 Å². The fourth-order valence-electron chi connectivity index (χ4n) is 3.42. The Morgan fingerprint density at radius 2 is 1.96 bits per heavy atom. The fraction of sp³-hybridized carbons (Fsp3) is 0.350. The molecule has 2 aromatic rings. The summed E-state index contributed by atoms with van der Waals surface area (Å²) in [6.07, 6.45) is 3.54. The van der Waals surface area contributed by atoms with E-state index in [0.717, 1.165) is 36.4 Å². The zero-order valence-electron chi connectivity index (χ0n) is 14.7. The van der Waals surface area contributed by atoms with Crippen LogP contribution in [-0.4, -0.2) is 23.3 Å². The normalized spacial score (nSPS) is 18.3. The Morgan fingerprint density at radius 3 is 2.63 bits per heavy atom. The zero-order valence-corrected chi connectivity index (χ0v) is 17.0. The lowest BCUT2D eigenvalue weighted by molar-refractivity contribution is -0.0387. The zero-order chi connectivity index (χ0) is 19.0. The molecule has 1 aliphatic heterocycles. The number of hydrogen-bond donors (Lipinski definition) is 2. The summed E-state index contributed by atoms with van der Waals surface area (Å²) in [6.45, 7) is 0.962. The minimum atomic E-state index is -0.838. The van der Waals surface area contributed by atoms with Crippen LogP contribution in [0.5, 0.6) is 0 Å². The third kappa shape index (κ3) is 3.92. The van der Waals surface area contributed by atoms with Crippen molar-refractivity contribution in [2.24, 2.45) is 0 Å².